The number of amides is 2. The summed E-state index contributed by atoms with van der Waals surface area (Å²) in [6.07, 6.45) is 0.0798. The zero-order valence-corrected chi connectivity index (χ0v) is 13.7. The minimum absolute atomic E-state index is 0.0798. The average molecular weight is 335 g/mol. The highest BCUT2D eigenvalue weighted by molar-refractivity contribution is 6.01. The Bertz CT molecular complexity index is 632. The van der Waals surface area contributed by atoms with Crippen LogP contribution in [0.1, 0.15) is 24.8 Å². The Labute approximate surface area is 140 Å². The van der Waals surface area contributed by atoms with Crippen molar-refractivity contribution >= 4 is 17.5 Å². The first-order valence-corrected chi connectivity index (χ1v) is 8.23. The summed E-state index contributed by atoms with van der Waals surface area (Å²) in [5.74, 6) is -1.48. The molecule has 1 aromatic carbocycles. The molecule has 2 atom stereocenters. The first-order valence-electron chi connectivity index (χ1n) is 8.23. The third-order valence-electron chi connectivity index (χ3n) is 4.61. The summed E-state index contributed by atoms with van der Waals surface area (Å²) in [6, 6.07) is 4.33. The highest BCUT2D eigenvalue weighted by Gasteiger charge is 2.31. The number of halogens is 1. The van der Waals surface area contributed by atoms with Crippen LogP contribution in [0.15, 0.2) is 18.2 Å². The van der Waals surface area contributed by atoms with Crippen molar-refractivity contribution in [2.75, 3.05) is 38.2 Å². The van der Waals surface area contributed by atoms with E-state index in [2.05, 4.69) is 22.5 Å². The molecule has 2 aliphatic heterocycles. The van der Waals surface area contributed by atoms with Crippen molar-refractivity contribution in [3.63, 3.8) is 0 Å². The summed E-state index contributed by atoms with van der Waals surface area (Å²) in [6.45, 7) is 5.69. The van der Waals surface area contributed by atoms with Crippen LogP contribution in [0.4, 0.5) is 10.1 Å². The quantitative estimate of drug-likeness (QED) is 0.864. The smallest absolute Gasteiger partial charge is 0.228 e. The second kappa shape index (κ2) is 7.27. The number of carbonyl (C=O) groups is 2. The van der Waals surface area contributed by atoms with Crippen LogP contribution >= 0.6 is 0 Å². The first kappa shape index (κ1) is 16.9. The van der Waals surface area contributed by atoms with Crippen LogP contribution in [0.25, 0.3) is 0 Å². The van der Waals surface area contributed by atoms with E-state index in [4.69, 9.17) is 4.74 Å². The fourth-order valence-corrected chi connectivity index (χ4v) is 3.19. The molecular weight excluding hydrogens is 313 g/mol. The van der Waals surface area contributed by atoms with Crippen LogP contribution in [0, 0.1) is 5.82 Å². The van der Waals surface area contributed by atoms with E-state index in [-0.39, 0.29) is 24.3 Å². The standard InChI is InChI=1S/C17H22FN3O3/c1-11(21-4-6-24-7-5-21)10-19-17(23)14-9-16(22)20-15-8-12(18)2-3-13(14)15/h2-3,8,11,14H,4-7,9-10H2,1H3,(H,19,23)(H,20,22)/t11-,14+/m0/s1. The van der Waals surface area contributed by atoms with Gasteiger partial charge < -0.3 is 15.4 Å². The van der Waals surface area contributed by atoms with E-state index in [0.29, 0.717) is 31.0 Å². The summed E-state index contributed by atoms with van der Waals surface area (Å²) < 4.78 is 18.7. The molecule has 1 aromatic rings. The molecule has 0 bridgehead atoms. The molecule has 2 heterocycles. The Morgan fingerprint density at radius 1 is 1.46 bits per heavy atom. The normalized spacial score (nSPS) is 22.4. The number of morpholine rings is 1. The number of nitrogens with zero attached hydrogens (tertiary/aromatic N) is 1. The third kappa shape index (κ3) is 3.73. The van der Waals surface area contributed by atoms with Crippen molar-refractivity contribution in [2.45, 2.75) is 25.3 Å². The molecule has 0 spiro atoms. The van der Waals surface area contributed by atoms with Gasteiger partial charge in [0.05, 0.1) is 19.1 Å². The molecule has 24 heavy (non-hydrogen) atoms. The molecule has 6 nitrogen and oxygen atoms in total. The van der Waals surface area contributed by atoms with Gasteiger partial charge in [-0.2, -0.15) is 0 Å². The molecule has 3 rings (SSSR count). The Kier molecular flexibility index (Phi) is 5.11. The Morgan fingerprint density at radius 2 is 2.21 bits per heavy atom. The molecule has 1 fully saturated rings. The second-order valence-corrected chi connectivity index (χ2v) is 6.28. The molecule has 0 aromatic heterocycles. The fraction of sp³-hybridized carbons (Fsp3) is 0.529. The summed E-state index contributed by atoms with van der Waals surface area (Å²) in [5, 5.41) is 5.55. The van der Waals surface area contributed by atoms with Crippen LogP contribution in [0.5, 0.6) is 0 Å². The summed E-state index contributed by atoms with van der Waals surface area (Å²) in [4.78, 5) is 26.6. The highest BCUT2D eigenvalue weighted by Crippen LogP contribution is 2.32. The second-order valence-electron chi connectivity index (χ2n) is 6.28. The van der Waals surface area contributed by atoms with E-state index >= 15 is 0 Å². The van der Waals surface area contributed by atoms with Gasteiger partial charge in [0.1, 0.15) is 5.82 Å². The third-order valence-corrected chi connectivity index (χ3v) is 4.61. The molecule has 0 unspecified atom stereocenters. The van der Waals surface area contributed by atoms with Crippen LogP contribution < -0.4 is 10.6 Å². The molecule has 2 amide bonds. The summed E-state index contributed by atoms with van der Waals surface area (Å²) in [7, 11) is 0. The molecule has 1 saturated heterocycles. The van der Waals surface area contributed by atoms with Crippen molar-refractivity contribution in [3.8, 4) is 0 Å². The number of anilines is 1. The molecule has 2 aliphatic rings. The van der Waals surface area contributed by atoms with Gasteiger partial charge in [-0.3, -0.25) is 14.5 Å². The molecule has 0 saturated carbocycles. The van der Waals surface area contributed by atoms with Crippen molar-refractivity contribution in [1.29, 1.82) is 0 Å². The minimum Gasteiger partial charge on any atom is -0.379 e. The lowest BCUT2D eigenvalue weighted by atomic mass is 9.89. The Balaban J connectivity index is 1.63. The van der Waals surface area contributed by atoms with Crippen LogP contribution in [0.2, 0.25) is 0 Å². The fourth-order valence-electron chi connectivity index (χ4n) is 3.19. The minimum atomic E-state index is -0.578. The van der Waals surface area contributed by atoms with Gasteiger partial charge in [0, 0.05) is 37.8 Å². The van der Waals surface area contributed by atoms with Gasteiger partial charge in [0.2, 0.25) is 11.8 Å². The van der Waals surface area contributed by atoms with Crippen LogP contribution in [0.3, 0.4) is 0 Å². The molecule has 2 N–H and O–H groups in total. The molecule has 130 valence electrons. The lowest BCUT2D eigenvalue weighted by molar-refractivity contribution is -0.126. The average Bonchev–Trinajstić information content (AvgIpc) is 2.59. The predicted molar refractivity (Wildman–Crippen MR) is 87.3 cm³/mol. The van der Waals surface area contributed by atoms with Crippen LogP contribution in [-0.4, -0.2) is 55.6 Å². The maximum Gasteiger partial charge on any atom is 0.228 e. The van der Waals surface area contributed by atoms with E-state index in [9.17, 15) is 14.0 Å². The number of rotatable bonds is 4. The molecule has 7 heteroatoms. The lowest BCUT2D eigenvalue weighted by Gasteiger charge is -2.33. The number of hydrogen-bond acceptors (Lipinski definition) is 4. The predicted octanol–water partition coefficient (Wildman–Crippen LogP) is 1.09. The molecule has 0 radical (unpaired) electrons. The lowest BCUT2D eigenvalue weighted by Crippen LogP contribution is -2.48. The van der Waals surface area contributed by atoms with Gasteiger partial charge in [0.25, 0.3) is 0 Å². The van der Waals surface area contributed by atoms with Crippen molar-refractivity contribution in [3.05, 3.63) is 29.6 Å². The summed E-state index contributed by atoms with van der Waals surface area (Å²) in [5.41, 5.74) is 1.04. The van der Waals surface area contributed by atoms with E-state index in [1.165, 1.54) is 12.1 Å². The van der Waals surface area contributed by atoms with Crippen molar-refractivity contribution in [1.82, 2.24) is 10.2 Å². The van der Waals surface area contributed by atoms with Crippen LogP contribution in [-0.2, 0) is 14.3 Å². The van der Waals surface area contributed by atoms with E-state index < -0.39 is 11.7 Å². The number of ether oxygens (including phenoxy) is 1. The van der Waals surface area contributed by atoms with E-state index in [0.717, 1.165) is 13.1 Å². The number of hydrogen-bond donors (Lipinski definition) is 2. The Hall–Kier alpha value is -1.99. The monoisotopic (exact) mass is 335 g/mol. The van der Waals surface area contributed by atoms with Crippen molar-refractivity contribution < 1.29 is 18.7 Å². The molecular formula is C17H22FN3O3. The van der Waals surface area contributed by atoms with Gasteiger partial charge in [-0.05, 0) is 24.6 Å². The van der Waals surface area contributed by atoms with Crippen molar-refractivity contribution in [2.24, 2.45) is 0 Å². The number of nitrogens with one attached hydrogen (secondary N) is 2. The SMILES string of the molecule is C[C@@H](CNC(=O)[C@@H]1CC(=O)Nc2cc(F)ccc21)N1CCOCC1. The topological polar surface area (TPSA) is 70.7 Å². The number of fused-ring (bicyclic) bond motifs is 1. The maximum absolute atomic E-state index is 13.3. The van der Waals surface area contributed by atoms with Gasteiger partial charge in [0.15, 0.2) is 0 Å². The van der Waals surface area contributed by atoms with E-state index in [1.54, 1.807) is 6.07 Å². The zero-order chi connectivity index (χ0) is 17.1. The molecule has 0 aliphatic carbocycles. The largest absolute Gasteiger partial charge is 0.379 e. The van der Waals surface area contributed by atoms with Gasteiger partial charge >= 0.3 is 0 Å². The first-order chi connectivity index (χ1) is 11.5. The highest BCUT2D eigenvalue weighted by atomic mass is 19.1. The Morgan fingerprint density at radius 3 is 2.96 bits per heavy atom. The van der Waals surface area contributed by atoms with E-state index in [1.807, 2.05) is 0 Å². The summed E-state index contributed by atoms with van der Waals surface area (Å²) >= 11 is 0. The number of benzene rings is 1. The maximum atomic E-state index is 13.3. The zero-order valence-electron chi connectivity index (χ0n) is 13.7. The van der Waals surface area contributed by atoms with Gasteiger partial charge in [-0.25, -0.2) is 4.39 Å². The van der Waals surface area contributed by atoms with Gasteiger partial charge in [-0.1, -0.05) is 6.07 Å². The van der Waals surface area contributed by atoms with Gasteiger partial charge in [-0.15, -0.1) is 0 Å². The number of carbonyl (C=O) groups excluding carboxylic acids is 2.